The van der Waals surface area contributed by atoms with E-state index in [1.54, 1.807) is 29.0 Å². The Bertz CT molecular complexity index is 580. The molecule has 1 aromatic heterocycles. The third-order valence-electron chi connectivity index (χ3n) is 2.37. The van der Waals surface area contributed by atoms with E-state index in [1.165, 1.54) is 14.2 Å². The SMILES string of the molecule is COC(=O)c1cccc(-n2cc(Br)nc2OC)c1. The molecule has 0 amide bonds. The second-order valence-electron chi connectivity index (χ2n) is 3.46. The van der Waals surface area contributed by atoms with E-state index in [2.05, 4.69) is 25.7 Å². The molecule has 94 valence electrons. The lowest BCUT2D eigenvalue weighted by Crippen LogP contribution is -2.03. The molecule has 0 saturated heterocycles. The number of ether oxygens (including phenoxy) is 2. The zero-order valence-electron chi connectivity index (χ0n) is 9.88. The molecule has 0 saturated carbocycles. The molecule has 2 aromatic rings. The minimum absolute atomic E-state index is 0.380. The summed E-state index contributed by atoms with van der Waals surface area (Å²) in [6, 6.07) is 7.46. The highest BCUT2D eigenvalue weighted by atomic mass is 79.9. The Labute approximate surface area is 112 Å². The van der Waals surface area contributed by atoms with E-state index >= 15 is 0 Å². The second-order valence-corrected chi connectivity index (χ2v) is 4.27. The number of carbonyl (C=O) groups excluding carboxylic acids is 1. The van der Waals surface area contributed by atoms with Crippen molar-refractivity contribution in [2.24, 2.45) is 0 Å². The number of esters is 1. The number of nitrogens with zero attached hydrogens (tertiary/aromatic N) is 2. The third kappa shape index (κ3) is 2.38. The second kappa shape index (κ2) is 5.22. The summed E-state index contributed by atoms with van der Waals surface area (Å²) in [5, 5.41) is 0. The average molecular weight is 311 g/mol. The maximum absolute atomic E-state index is 11.5. The summed E-state index contributed by atoms with van der Waals surface area (Å²) >= 11 is 3.28. The van der Waals surface area contributed by atoms with Crippen molar-refractivity contribution in [1.29, 1.82) is 0 Å². The van der Waals surface area contributed by atoms with Crippen LogP contribution in [0.4, 0.5) is 0 Å². The van der Waals surface area contributed by atoms with Crippen LogP contribution in [0.5, 0.6) is 6.01 Å². The first kappa shape index (κ1) is 12.6. The van der Waals surface area contributed by atoms with Crippen molar-refractivity contribution in [3.05, 3.63) is 40.6 Å². The van der Waals surface area contributed by atoms with Gasteiger partial charge in [-0.25, -0.2) is 4.79 Å². The zero-order valence-corrected chi connectivity index (χ0v) is 11.5. The highest BCUT2D eigenvalue weighted by Crippen LogP contribution is 2.22. The summed E-state index contributed by atoms with van der Waals surface area (Å²) in [5.41, 5.74) is 1.25. The monoisotopic (exact) mass is 310 g/mol. The van der Waals surface area contributed by atoms with E-state index in [4.69, 9.17) is 4.74 Å². The molecule has 6 heteroatoms. The van der Waals surface area contributed by atoms with Crippen LogP contribution in [0, 0.1) is 0 Å². The molecule has 0 aliphatic carbocycles. The fourth-order valence-corrected chi connectivity index (χ4v) is 1.92. The van der Waals surface area contributed by atoms with Gasteiger partial charge in [0.15, 0.2) is 0 Å². The number of halogens is 1. The number of hydrogen-bond acceptors (Lipinski definition) is 4. The molecule has 0 aliphatic heterocycles. The number of imidazole rings is 1. The van der Waals surface area contributed by atoms with Crippen LogP contribution in [-0.4, -0.2) is 29.7 Å². The van der Waals surface area contributed by atoms with Gasteiger partial charge < -0.3 is 9.47 Å². The highest BCUT2D eigenvalue weighted by molar-refractivity contribution is 9.10. The first-order chi connectivity index (χ1) is 8.65. The zero-order chi connectivity index (χ0) is 13.1. The van der Waals surface area contributed by atoms with Gasteiger partial charge in [-0.2, -0.15) is 4.98 Å². The van der Waals surface area contributed by atoms with Gasteiger partial charge in [-0.15, -0.1) is 0 Å². The lowest BCUT2D eigenvalue weighted by Gasteiger charge is -2.07. The Hall–Kier alpha value is -1.82. The molecule has 1 aromatic carbocycles. The van der Waals surface area contributed by atoms with E-state index < -0.39 is 0 Å². The van der Waals surface area contributed by atoms with E-state index in [1.807, 2.05) is 6.07 Å². The fraction of sp³-hybridized carbons (Fsp3) is 0.167. The third-order valence-corrected chi connectivity index (χ3v) is 2.75. The number of methoxy groups -OCH3 is 2. The number of benzene rings is 1. The number of rotatable bonds is 3. The number of hydrogen-bond donors (Lipinski definition) is 0. The highest BCUT2D eigenvalue weighted by Gasteiger charge is 2.11. The molecule has 0 N–H and O–H groups in total. The number of carbonyl (C=O) groups is 1. The molecule has 1 heterocycles. The largest absolute Gasteiger partial charge is 0.468 e. The van der Waals surface area contributed by atoms with Crippen molar-refractivity contribution >= 4 is 21.9 Å². The minimum atomic E-state index is -0.380. The van der Waals surface area contributed by atoms with Gasteiger partial charge in [0.2, 0.25) is 0 Å². The van der Waals surface area contributed by atoms with Gasteiger partial charge >= 0.3 is 12.0 Å². The van der Waals surface area contributed by atoms with Crippen LogP contribution in [-0.2, 0) is 4.74 Å². The summed E-state index contributed by atoms with van der Waals surface area (Å²) < 4.78 is 12.2. The normalized spacial score (nSPS) is 10.2. The quantitative estimate of drug-likeness (QED) is 0.817. The molecule has 0 bridgehead atoms. The standard InChI is InChI=1S/C12H11BrN2O3/c1-17-11(16)8-4-3-5-9(6-8)15-7-10(13)14-12(15)18-2/h3-7H,1-2H3. The van der Waals surface area contributed by atoms with Crippen LogP contribution in [0.2, 0.25) is 0 Å². The van der Waals surface area contributed by atoms with Crippen LogP contribution in [0.15, 0.2) is 35.1 Å². The van der Waals surface area contributed by atoms with Crippen LogP contribution >= 0.6 is 15.9 Å². The average Bonchev–Trinajstić information content (AvgIpc) is 2.79. The Morgan fingerprint density at radius 1 is 1.39 bits per heavy atom. The molecule has 5 nitrogen and oxygen atoms in total. The van der Waals surface area contributed by atoms with Gasteiger partial charge in [0.25, 0.3) is 0 Å². The molecule has 0 fully saturated rings. The van der Waals surface area contributed by atoms with Crippen molar-refractivity contribution in [3.63, 3.8) is 0 Å². The summed E-state index contributed by atoms with van der Waals surface area (Å²) in [4.78, 5) is 15.6. The lowest BCUT2D eigenvalue weighted by molar-refractivity contribution is 0.0600. The van der Waals surface area contributed by atoms with Gasteiger partial charge in [-0.1, -0.05) is 6.07 Å². The topological polar surface area (TPSA) is 53.4 Å². The molecule has 0 atom stereocenters. The molecule has 0 unspecified atom stereocenters. The molecule has 0 spiro atoms. The summed E-state index contributed by atoms with van der Waals surface area (Å²) in [7, 11) is 2.89. The molecular weight excluding hydrogens is 300 g/mol. The Kier molecular flexibility index (Phi) is 3.66. The van der Waals surface area contributed by atoms with Gasteiger partial charge in [0.05, 0.1) is 25.5 Å². The van der Waals surface area contributed by atoms with E-state index in [0.29, 0.717) is 16.2 Å². The van der Waals surface area contributed by atoms with Gasteiger partial charge in [0.1, 0.15) is 4.60 Å². The van der Waals surface area contributed by atoms with Crippen molar-refractivity contribution in [2.75, 3.05) is 14.2 Å². The maximum atomic E-state index is 11.5. The minimum Gasteiger partial charge on any atom is -0.468 e. The summed E-state index contributed by atoms with van der Waals surface area (Å²) in [6.07, 6.45) is 1.76. The van der Waals surface area contributed by atoms with Crippen LogP contribution < -0.4 is 4.74 Å². The van der Waals surface area contributed by atoms with Crippen molar-refractivity contribution in [2.45, 2.75) is 0 Å². The summed E-state index contributed by atoms with van der Waals surface area (Å²) in [5.74, 6) is -0.380. The maximum Gasteiger partial charge on any atom is 0.337 e. The summed E-state index contributed by atoms with van der Waals surface area (Å²) in [6.45, 7) is 0. The smallest absolute Gasteiger partial charge is 0.337 e. The molecular formula is C12H11BrN2O3. The molecule has 2 rings (SSSR count). The van der Waals surface area contributed by atoms with E-state index in [-0.39, 0.29) is 5.97 Å². The number of aromatic nitrogens is 2. The molecule has 0 radical (unpaired) electrons. The van der Waals surface area contributed by atoms with Gasteiger partial charge in [0, 0.05) is 6.20 Å². The van der Waals surface area contributed by atoms with E-state index in [9.17, 15) is 4.79 Å². The Morgan fingerprint density at radius 2 is 2.17 bits per heavy atom. The van der Waals surface area contributed by atoms with Crippen LogP contribution in [0.3, 0.4) is 0 Å². The van der Waals surface area contributed by atoms with Crippen molar-refractivity contribution in [3.8, 4) is 11.7 Å². The van der Waals surface area contributed by atoms with Gasteiger partial charge in [-0.3, -0.25) is 4.57 Å². The van der Waals surface area contributed by atoms with Crippen molar-refractivity contribution in [1.82, 2.24) is 9.55 Å². The van der Waals surface area contributed by atoms with Gasteiger partial charge in [-0.05, 0) is 34.1 Å². The predicted octanol–water partition coefficient (Wildman–Crippen LogP) is 2.43. The molecule has 18 heavy (non-hydrogen) atoms. The fourth-order valence-electron chi connectivity index (χ4n) is 1.57. The van der Waals surface area contributed by atoms with Crippen LogP contribution in [0.1, 0.15) is 10.4 Å². The first-order valence-electron chi connectivity index (χ1n) is 5.13. The Morgan fingerprint density at radius 3 is 2.83 bits per heavy atom. The molecule has 0 aliphatic rings. The first-order valence-corrected chi connectivity index (χ1v) is 5.92. The van der Waals surface area contributed by atoms with Crippen LogP contribution in [0.25, 0.3) is 5.69 Å². The predicted molar refractivity (Wildman–Crippen MR) is 69.2 cm³/mol. The Balaban J connectivity index is 2.47. The lowest BCUT2D eigenvalue weighted by atomic mass is 10.2. The van der Waals surface area contributed by atoms with Crippen molar-refractivity contribution < 1.29 is 14.3 Å². The van der Waals surface area contributed by atoms with E-state index in [0.717, 1.165) is 5.69 Å².